The van der Waals surface area contributed by atoms with Gasteiger partial charge in [-0.05, 0) is 63.3 Å². The van der Waals surface area contributed by atoms with Crippen LogP contribution in [0.4, 0.5) is 5.69 Å². The molecule has 1 spiro atoms. The summed E-state index contributed by atoms with van der Waals surface area (Å²) in [5.41, 5.74) is -0.421. The summed E-state index contributed by atoms with van der Waals surface area (Å²) in [4.78, 5) is 49.2. The molecule has 0 aromatic heterocycles. The van der Waals surface area contributed by atoms with Gasteiger partial charge in [0.25, 0.3) is 0 Å². The highest BCUT2D eigenvalue weighted by molar-refractivity contribution is 9.09. The highest BCUT2D eigenvalue weighted by atomic mass is 79.9. The Morgan fingerprint density at radius 1 is 1.07 bits per heavy atom. The molecule has 2 bridgehead atoms. The van der Waals surface area contributed by atoms with Gasteiger partial charge in [0, 0.05) is 42.8 Å². The molecule has 3 heterocycles. The third kappa shape index (κ3) is 6.54. The molecular formula is C36H50BrN3O6. The second-order valence-electron chi connectivity index (χ2n) is 13.1. The molecule has 1 saturated carbocycles. The average molecular weight is 701 g/mol. The molecule has 5 rings (SSSR count). The minimum atomic E-state index is -1.11. The molecule has 3 unspecified atom stereocenters. The standard InChI is InChI=1S/C36H50BrN3O6/c1-4-20-38(26-16-18-27(19-17-26)45-6-3)33(42)29-30-34(43)40(22-12-7-8-13-23-41)32(36(30)24-28(37)31(29)46-36)35(44)39(21-5-2)25-14-10-9-11-15-25/h4-5,16-19,25,28-32,41H,1-2,6-15,20-24H2,3H3/t28?,29-,30+,31-,32?,36?/m1/s1. The van der Waals surface area contributed by atoms with Gasteiger partial charge in [0.1, 0.15) is 17.4 Å². The quantitative estimate of drug-likeness (QED) is 0.144. The number of carbonyl (C=O) groups excluding carboxylic acids is 3. The van der Waals surface area contributed by atoms with Crippen LogP contribution in [0, 0.1) is 11.8 Å². The van der Waals surface area contributed by atoms with Gasteiger partial charge in [-0.25, -0.2) is 0 Å². The van der Waals surface area contributed by atoms with E-state index in [0.717, 1.165) is 44.9 Å². The summed E-state index contributed by atoms with van der Waals surface area (Å²) in [6, 6.07) is 6.64. The van der Waals surface area contributed by atoms with Crippen LogP contribution in [0.3, 0.4) is 0 Å². The lowest BCUT2D eigenvalue weighted by atomic mass is 9.70. The van der Waals surface area contributed by atoms with Crippen molar-refractivity contribution in [1.82, 2.24) is 9.80 Å². The highest BCUT2D eigenvalue weighted by Gasteiger charge is 2.77. The summed E-state index contributed by atoms with van der Waals surface area (Å²) in [6.07, 6.45) is 11.6. The third-order valence-corrected chi connectivity index (χ3v) is 11.1. The fourth-order valence-electron chi connectivity index (χ4n) is 8.31. The summed E-state index contributed by atoms with van der Waals surface area (Å²) in [7, 11) is 0. The molecule has 9 nitrogen and oxygen atoms in total. The molecular weight excluding hydrogens is 650 g/mol. The Bertz CT molecular complexity index is 1250. The topological polar surface area (TPSA) is 99.6 Å². The number of halogens is 1. The molecule has 252 valence electrons. The number of unbranched alkanes of at least 4 members (excludes halogenated alkanes) is 3. The summed E-state index contributed by atoms with van der Waals surface area (Å²) >= 11 is 3.82. The molecule has 46 heavy (non-hydrogen) atoms. The molecule has 1 aromatic carbocycles. The van der Waals surface area contributed by atoms with Crippen molar-refractivity contribution in [2.75, 3.05) is 37.7 Å². The maximum absolute atomic E-state index is 14.8. The van der Waals surface area contributed by atoms with E-state index in [1.54, 1.807) is 22.0 Å². The summed E-state index contributed by atoms with van der Waals surface area (Å²) < 4.78 is 12.4. The van der Waals surface area contributed by atoms with E-state index >= 15 is 0 Å². The van der Waals surface area contributed by atoms with E-state index < -0.39 is 29.6 Å². The minimum Gasteiger partial charge on any atom is -0.494 e. The van der Waals surface area contributed by atoms with Gasteiger partial charge in [0.15, 0.2) is 0 Å². The maximum Gasteiger partial charge on any atom is 0.248 e. The second-order valence-corrected chi connectivity index (χ2v) is 14.2. The molecule has 3 saturated heterocycles. The number of ether oxygens (including phenoxy) is 2. The van der Waals surface area contributed by atoms with E-state index in [4.69, 9.17) is 9.47 Å². The molecule has 1 aliphatic carbocycles. The second kappa shape index (κ2) is 15.5. The van der Waals surface area contributed by atoms with Gasteiger partial charge in [-0.1, -0.05) is 60.2 Å². The van der Waals surface area contributed by atoms with Crippen molar-refractivity contribution in [2.24, 2.45) is 11.8 Å². The van der Waals surface area contributed by atoms with Crippen molar-refractivity contribution in [3.8, 4) is 5.75 Å². The predicted molar refractivity (Wildman–Crippen MR) is 182 cm³/mol. The van der Waals surface area contributed by atoms with Gasteiger partial charge in [-0.3, -0.25) is 14.4 Å². The Balaban J connectivity index is 1.50. The summed E-state index contributed by atoms with van der Waals surface area (Å²) in [5.74, 6) is -1.28. The van der Waals surface area contributed by atoms with E-state index in [9.17, 15) is 19.5 Å². The van der Waals surface area contributed by atoms with Gasteiger partial charge in [0.2, 0.25) is 17.7 Å². The summed E-state index contributed by atoms with van der Waals surface area (Å²) in [6.45, 7) is 11.5. The lowest BCUT2D eigenvalue weighted by molar-refractivity contribution is -0.150. The largest absolute Gasteiger partial charge is 0.494 e. The first kappa shape index (κ1) is 34.6. The first-order chi connectivity index (χ1) is 22.3. The zero-order chi connectivity index (χ0) is 32.8. The van der Waals surface area contributed by atoms with Crippen molar-refractivity contribution in [1.29, 1.82) is 0 Å². The number of alkyl halides is 1. The van der Waals surface area contributed by atoms with Crippen LogP contribution in [0.5, 0.6) is 5.75 Å². The average Bonchev–Trinajstić information content (AvgIpc) is 3.66. The number of hydrogen-bond donors (Lipinski definition) is 1. The van der Waals surface area contributed by atoms with Crippen molar-refractivity contribution in [3.63, 3.8) is 0 Å². The number of carbonyl (C=O) groups is 3. The number of fused-ring (bicyclic) bond motifs is 1. The van der Waals surface area contributed by atoms with Crippen molar-refractivity contribution in [3.05, 3.63) is 49.6 Å². The van der Waals surface area contributed by atoms with E-state index in [2.05, 4.69) is 29.1 Å². The zero-order valence-corrected chi connectivity index (χ0v) is 28.7. The predicted octanol–water partition coefficient (Wildman–Crippen LogP) is 5.25. The Hall–Kier alpha value is -2.69. The normalized spacial score (nSPS) is 28.6. The molecule has 10 heteroatoms. The van der Waals surface area contributed by atoms with E-state index in [1.807, 2.05) is 36.1 Å². The molecule has 3 aliphatic heterocycles. The lowest BCUT2D eigenvalue weighted by Crippen LogP contribution is -2.59. The number of rotatable bonds is 16. The number of nitrogens with zero attached hydrogens (tertiary/aromatic N) is 3. The van der Waals surface area contributed by atoms with E-state index in [0.29, 0.717) is 50.4 Å². The van der Waals surface area contributed by atoms with Crippen LogP contribution in [0.25, 0.3) is 0 Å². The highest BCUT2D eigenvalue weighted by Crippen LogP contribution is 2.60. The van der Waals surface area contributed by atoms with Crippen LogP contribution in [0.2, 0.25) is 0 Å². The SMILES string of the molecule is C=CCN(C(=O)[C@H]1[C@@H]2OC3(CC2Br)C(C(=O)N(CC=C)C2CCCCC2)N(CCCCCCO)C(=O)[C@H]13)c1ccc(OCC)cc1. The Kier molecular flexibility index (Phi) is 11.7. The van der Waals surface area contributed by atoms with Crippen LogP contribution in [0.15, 0.2) is 49.6 Å². The van der Waals surface area contributed by atoms with Gasteiger partial charge < -0.3 is 29.3 Å². The lowest BCUT2D eigenvalue weighted by Gasteiger charge is -2.41. The van der Waals surface area contributed by atoms with Crippen LogP contribution in [-0.2, 0) is 19.1 Å². The number of aliphatic hydroxyl groups excluding tert-OH is 1. The number of anilines is 1. The Morgan fingerprint density at radius 2 is 1.76 bits per heavy atom. The van der Waals surface area contributed by atoms with Gasteiger partial charge in [-0.2, -0.15) is 0 Å². The van der Waals surface area contributed by atoms with E-state index in [1.165, 1.54) is 0 Å². The monoisotopic (exact) mass is 699 g/mol. The van der Waals surface area contributed by atoms with E-state index in [-0.39, 0.29) is 41.7 Å². The van der Waals surface area contributed by atoms with Gasteiger partial charge in [-0.15, -0.1) is 13.2 Å². The van der Waals surface area contributed by atoms with Crippen LogP contribution >= 0.6 is 15.9 Å². The number of hydrogen-bond acceptors (Lipinski definition) is 6. The smallest absolute Gasteiger partial charge is 0.248 e. The van der Waals surface area contributed by atoms with Crippen LogP contribution < -0.4 is 9.64 Å². The molecule has 1 aromatic rings. The fourth-order valence-corrected chi connectivity index (χ4v) is 9.25. The number of benzene rings is 1. The molecule has 1 N–H and O–H groups in total. The molecule has 6 atom stereocenters. The molecule has 3 amide bonds. The van der Waals surface area contributed by atoms with Gasteiger partial charge in [0.05, 0.1) is 24.5 Å². The Morgan fingerprint density at radius 3 is 2.41 bits per heavy atom. The first-order valence-corrected chi connectivity index (χ1v) is 18.0. The summed E-state index contributed by atoms with van der Waals surface area (Å²) in [5, 5.41) is 9.27. The first-order valence-electron chi connectivity index (χ1n) is 17.1. The van der Waals surface area contributed by atoms with Crippen LogP contribution in [0.1, 0.15) is 71.1 Å². The van der Waals surface area contributed by atoms with Gasteiger partial charge >= 0.3 is 0 Å². The maximum atomic E-state index is 14.8. The Labute approximate surface area is 282 Å². The molecule has 4 fully saturated rings. The number of likely N-dealkylation sites (tertiary alicyclic amines) is 1. The van der Waals surface area contributed by atoms with Crippen LogP contribution in [-0.4, -0.2) is 94.1 Å². The fraction of sp³-hybridized carbons (Fsp3) is 0.639. The number of aliphatic hydroxyl groups is 1. The zero-order valence-electron chi connectivity index (χ0n) is 27.2. The van der Waals surface area contributed by atoms with Crippen molar-refractivity contribution >= 4 is 39.3 Å². The molecule has 4 aliphatic rings. The number of amides is 3. The van der Waals surface area contributed by atoms with Crippen molar-refractivity contribution < 1.29 is 29.0 Å². The molecule has 0 radical (unpaired) electrons. The third-order valence-electron chi connectivity index (χ3n) is 10.3. The van der Waals surface area contributed by atoms with Crippen molar-refractivity contribution in [2.45, 2.75) is 99.7 Å². The minimum absolute atomic E-state index is 0.0924.